The number of nitrogens with zero attached hydrogens (tertiary/aromatic N) is 4. The Balaban J connectivity index is 1.63. The van der Waals surface area contributed by atoms with E-state index < -0.39 is 0 Å². The second-order valence-electron chi connectivity index (χ2n) is 5.35. The molecule has 0 bridgehead atoms. The Labute approximate surface area is 129 Å². The van der Waals surface area contributed by atoms with Gasteiger partial charge in [-0.25, -0.2) is 4.98 Å². The van der Waals surface area contributed by atoms with E-state index in [2.05, 4.69) is 9.88 Å². The van der Waals surface area contributed by atoms with E-state index in [0.717, 1.165) is 18.9 Å². The number of amides is 1. The van der Waals surface area contributed by atoms with Crippen molar-refractivity contribution in [1.82, 2.24) is 19.4 Å². The number of aromatic nitrogens is 2. The second-order valence-corrected chi connectivity index (χ2v) is 5.35. The van der Waals surface area contributed by atoms with Gasteiger partial charge in [0.05, 0.1) is 12.2 Å². The van der Waals surface area contributed by atoms with Gasteiger partial charge in [0, 0.05) is 51.3 Å². The normalized spacial score (nSPS) is 16.0. The van der Waals surface area contributed by atoms with Crippen LogP contribution in [0.1, 0.15) is 10.4 Å². The zero-order valence-electron chi connectivity index (χ0n) is 12.4. The molecular weight excluding hydrogens is 280 g/mol. The van der Waals surface area contributed by atoms with Crippen LogP contribution in [0.3, 0.4) is 0 Å². The third-order valence-corrected chi connectivity index (χ3v) is 3.94. The molecule has 22 heavy (non-hydrogen) atoms. The Kier molecular flexibility index (Phi) is 4.50. The van der Waals surface area contributed by atoms with Gasteiger partial charge in [-0.15, -0.1) is 0 Å². The molecule has 0 unspecified atom stereocenters. The van der Waals surface area contributed by atoms with Gasteiger partial charge in [-0.3, -0.25) is 9.69 Å². The quantitative estimate of drug-likeness (QED) is 0.899. The summed E-state index contributed by atoms with van der Waals surface area (Å²) < 4.78 is 1.90. The standard InChI is InChI=1S/C16H20N4O2/c21-12-11-18-7-9-20(10-8-18)16(22)14-3-4-15(17-13-14)19-5-1-2-6-19/h1-6,13,21H,7-12H2. The lowest BCUT2D eigenvalue weighted by Gasteiger charge is -2.34. The Bertz CT molecular complexity index is 602. The number of hydrogen-bond acceptors (Lipinski definition) is 4. The predicted octanol–water partition coefficient (Wildman–Crippen LogP) is 0.622. The molecular formula is C16H20N4O2. The van der Waals surface area contributed by atoms with Crippen LogP contribution in [0.2, 0.25) is 0 Å². The van der Waals surface area contributed by atoms with Crippen LogP contribution in [0.4, 0.5) is 0 Å². The predicted molar refractivity (Wildman–Crippen MR) is 83.0 cm³/mol. The van der Waals surface area contributed by atoms with Gasteiger partial charge in [0.1, 0.15) is 5.82 Å². The summed E-state index contributed by atoms with van der Waals surface area (Å²) in [5.74, 6) is 0.824. The van der Waals surface area contributed by atoms with Gasteiger partial charge in [-0.05, 0) is 24.3 Å². The SMILES string of the molecule is O=C(c1ccc(-n2cccc2)nc1)N1CCN(CCO)CC1. The Hall–Kier alpha value is -2.18. The number of rotatable bonds is 4. The summed E-state index contributed by atoms with van der Waals surface area (Å²) in [4.78, 5) is 20.8. The molecule has 0 aromatic carbocycles. The number of pyridine rings is 1. The number of hydrogen-bond donors (Lipinski definition) is 1. The summed E-state index contributed by atoms with van der Waals surface area (Å²) in [5.41, 5.74) is 0.617. The number of aliphatic hydroxyl groups excluding tert-OH is 1. The fraction of sp³-hybridized carbons (Fsp3) is 0.375. The maximum absolute atomic E-state index is 12.5. The van der Waals surface area contributed by atoms with Crippen molar-refractivity contribution in [2.45, 2.75) is 0 Å². The van der Waals surface area contributed by atoms with E-state index in [1.165, 1.54) is 0 Å². The minimum Gasteiger partial charge on any atom is -0.395 e. The van der Waals surface area contributed by atoms with Crippen LogP contribution in [0, 0.1) is 0 Å². The monoisotopic (exact) mass is 300 g/mol. The molecule has 116 valence electrons. The van der Waals surface area contributed by atoms with Crippen LogP contribution in [-0.2, 0) is 0 Å². The average molecular weight is 300 g/mol. The fourth-order valence-corrected chi connectivity index (χ4v) is 2.65. The van der Waals surface area contributed by atoms with Crippen molar-refractivity contribution >= 4 is 5.91 Å². The molecule has 3 rings (SSSR count). The van der Waals surface area contributed by atoms with Gasteiger partial charge < -0.3 is 14.6 Å². The molecule has 0 radical (unpaired) electrons. The molecule has 0 spiro atoms. The van der Waals surface area contributed by atoms with Gasteiger partial charge in [0.15, 0.2) is 0 Å². The minimum absolute atomic E-state index is 0.0233. The first-order chi connectivity index (χ1) is 10.8. The molecule has 0 atom stereocenters. The molecule has 1 amide bonds. The zero-order valence-corrected chi connectivity index (χ0v) is 12.4. The average Bonchev–Trinajstić information content (AvgIpc) is 3.10. The Morgan fingerprint density at radius 1 is 1.14 bits per heavy atom. The van der Waals surface area contributed by atoms with Crippen LogP contribution in [0.15, 0.2) is 42.9 Å². The highest BCUT2D eigenvalue weighted by molar-refractivity contribution is 5.94. The van der Waals surface area contributed by atoms with Crippen LogP contribution < -0.4 is 0 Å². The molecule has 6 heteroatoms. The number of piperazine rings is 1. The lowest BCUT2D eigenvalue weighted by molar-refractivity contribution is 0.0614. The molecule has 0 saturated carbocycles. The first kappa shape index (κ1) is 14.7. The smallest absolute Gasteiger partial charge is 0.255 e. The van der Waals surface area contributed by atoms with Crippen molar-refractivity contribution in [2.75, 3.05) is 39.3 Å². The van der Waals surface area contributed by atoms with Crippen molar-refractivity contribution in [2.24, 2.45) is 0 Å². The third kappa shape index (κ3) is 3.18. The lowest BCUT2D eigenvalue weighted by atomic mass is 10.2. The van der Waals surface area contributed by atoms with E-state index in [9.17, 15) is 4.79 Å². The molecule has 2 aromatic heterocycles. The molecule has 6 nitrogen and oxygen atoms in total. The molecule has 1 fully saturated rings. The van der Waals surface area contributed by atoms with E-state index in [4.69, 9.17) is 5.11 Å². The van der Waals surface area contributed by atoms with E-state index in [1.807, 2.05) is 46.1 Å². The van der Waals surface area contributed by atoms with Crippen molar-refractivity contribution in [3.8, 4) is 5.82 Å². The maximum Gasteiger partial charge on any atom is 0.255 e. The second kappa shape index (κ2) is 6.72. The van der Waals surface area contributed by atoms with Gasteiger partial charge in [0.25, 0.3) is 5.91 Å². The topological polar surface area (TPSA) is 61.6 Å². The highest BCUT2D eigenvalue weighted by Crippen LogP contribution is 2.10. The first-order valence-corrected chi connectivity index (χ1v) is 7.50. The van der Waals surface area contributed by atoms with Gasteiger partial charge >= 0.3 is 0 Å². The van der Waals surface area contributed by atoms with E-state index in [1.54, 1.807) is 6.20 Å². The number of carbonyl (C=O) groups excluding carboxylic acids is 1. The van der Waals surface area contributed by atoms with Crippen molar-refractivity contribution in [1.29, 1.82) is 0 Å². The van der Waals surface area contributed by atoms with Crippen LogP contribution in [-0.4, -0.2) is 69.7 Å². The molecule has 0 aliphatic carbocycles. The fourth-order valence-electron chi connectivity index (χ4n) is 2.65. The summed E-state index contributed by atoms with van der Waals surface area (Å²) in [6.45, 7) is 3.84. The van der Waals surface area contributed by atoms with E-state index in [-0.39, 0.29) is 12.5 Å². The van der Waals surface area contributed by atoms with E-state index in [0.29, 0.717) is 25.2 Å². The number of carbonyl (C=O) groups is 1. The minimum atomic E-state index is 0.0233. The van der Waals surface area contributed by atoms with Crippen LogP contribution in [0.25, 0.3) is 5.82 Å². The largest absolute Gasteiger partial charge is 0.395 e. The van der Waals surface area contributed by atoms with Gasteiger partial charge in [-0.2, -0.15) is 0 Å². The summed E-state index contributed by atoms with van der Waals surface area (Å²) in [6.07, 6.45) is 5.48. The van der Waals surface area contributed by atoms with Crippen molar-refractivity contribution < 1.29 is 9.90 Å². The first-order valence-electron chi connectivity index (χ1n) is 7.50. The highest BCUT2D eigenvalue weighted by atomic mass is 16.3. The summed E-state index contributed by atoms with van der Waals surface area (Å²) in [7, 11) is 0. The molecule has 2 aromatic rings. The summed E-state index contributed by atoms with van der Waals surface area (Å²) >= 11 is 0. The molecule has 1 aliphatic heterocycles. The molecule has 3 heterocycles. The van der Waals surface area contributed by atoms with Gasteiger partial charge in [-0.1, -0.05) is 0 Å². The maximum atomic E-state index is 12.5. The Morgan fingerprint density at radius 3 is 2.45 bits per heavy atom. The summed E-state index contributed by atoms with van der Waals surface area (Å²) in [6, 6.07) is 7.55. The highest BCUT2D eigenvalue weighted by Gasteiger charge is 2.21. The summed E-state index contributed by atoms with van der Waals surface area (Å²) in [5, 5.41) is 8.94. The lowest BCUT2D eigenvalue weighted by Crippen LogP contribution is -2.49. The van der Waals surface area contributed by atoms with Crippen molar-refractivity contribution in [3.63, 3.8) is 0 Å². The zero-order chi connectivity index (χ0) is 15.4. The van der Waals surface area contributed by atoms with E-state index >= 15 is 0 Å². The van der Waals surface area contributed by atoms with Crippen LogP contribution in [0.5, 0.6) is 0 Å². The number of β-amino-alcohol motifs (C(OH)–C–C–N with tert-alkyl or cyclic N) is 1. The number of aliphatic hydroxyl groups is 1. The van der Waals surface area contributed by atoms with Crippen molar-refractivity contribution in [3.05, 3.63) is 48.4 Å². The molecule has 1 aliphatic rings. The van der Waals surface area contributed by atoms with Gasteiger partial charge in [0.2, 0.25) is 0 Å². The Morgan fingerprint density at radius 2 is 1.86 bits per heavy atom. The van der Waals surface area contributed by atoms with Crippen LogP contribution >= 0.6 is 0 Å². The molecule has 1 N–H and O–H groups in total. The third-order valence-electron chi connectivity index (χ3n) is 3.94. The molecule has 1 saturated heterocycles.